The van der Waals surface area contributed by atoms with Gasteiger partial charge in [-0.25, -0.2) is 9.97 Å². The van der Waals surface area contributed by atoms with Gasteiger partial charge in [-0.2, -0.15) is 13.2 Å². The number of methoxy groups -OCH3 is 1. The third-order valence-corrected chi connectivity index (χ3v) is 4.96. The summed E-state index contributed by atoms with van der Waals surface area (Å²) in [5.74, 6) is 0.973. The third-order valence-electron chi connectivity index (χ3n) is 3.70. The molecule has 0 spiro atoms. The summed E-state index contributed by atoms with van der Waals surface area (Å²) < 4.78 is 44.9. The zero-order chi connectivity index (χ0) is 19.4. The minimum Gasteiger partial charge on any atom is -0.497 e. The highest BCUT2D eigenvalue weighted by Crippen LogP contribution is 2.33. The molecule has 0 unspecified atom stereocenters. The monoisotopic (exact) mass is 410 g/mol. The number of thioether (sulfide) groups is 1. The normalized spacial score (nSPS) is 11.4. The molecule has 3 aromatic rings. The minimum absolute atomic E-state index is 0.0376. The third kappa shape index (κ3) is 4.93. The number of hydrogen-bond acceptors (Lipinski definition) is 4. The molecule has 3 rings (SSSR count). The molecule has 27 heavy (non-hydrogen) atoms. The van der Waals surface area contributed by atoms with Crippen LogP contribution in [0.25, 0.3) is 11.3 Å². The number of rotatable bonds is 5. The van der Waals surface area contributed by atoms with E-state index in [1.807, 2.05) is 12.1 Å². The molecule has 0 fully saturated rings. The summed E-state index contributed by atoms with van der Waals surface area (Å²) in [4.78, 5) is 7.95. The highest BCUT2D eigenvalue weighted by atomic mass is 35.5. The summed E-state index contributed by atoms with van der Waals surface area (Å²) in [5.41, 5.74) is 0.561. The fraction of sp³-hybridized carbons (Fsp3) is 0.158. The Bertz CT molecular complexity index is 933. The van der Waals surface area contributed by atoms with Crippen LogP contribution in [0.2, 0.25) is 5.02 Å². The first-order chi connectivity index (χ1) is 12.9. The first kappa shape index (κ1) is 19.5. The number of nitrogens with zero attached hydrogens (tertiary/aromatic N) is 2. The van der Waals surface area contributed by atoms with Crippen LogP contribution in [0.1, 0.15) is 11.3 Å². The van der Waals surface area contributed by atoms with Gasteiger partial charge in [-0.3, -0.25) is 0 Å². The molecule has 0 aliphatic rings. The van der Waals surface area contributed by atoms with Gasteiger partial charge in [0.15, 0.2) is 5.16 Å². The zero-order valence-corrected chi connectivity index (χ0v) is 15.7. The van der Waals surface area contributed by atoms with E-state index in [1.54, 1.807) is 36.4 Å². The van der Waals surface area contributed by atoms with Crippen molar-refractivity contribution >= 4 is 23.4 Å². The van der Waals surface area contributed by atoms with Crippen LogP contribution >= 0.6 is 23.4 Å². The second-order valence-electron chi connectivity index (χ2n) is 5.53. The fourth-order valence-corrected chi connectivity index (χ4v) is 3.45. The number of hydrogen-bond donors (Lipinski definition) is 0. The van der Waals surface area contributed by atoms with Crippen molar-refractivity contribution in [1.82, 2.24) is 9.97 Å². The smallest absolute Gasteiger partial charge is 0.433 e. The van der Waals surface area contributed by atoms with Crippen LogP contribution in [0.5, 0.6) is 5.75 Å². The average Bonchev–Trinajstić information content (AvgIpc) is 2.66. The predicted octanol–water partition coefficient (Wildman–Crippen LogP) is 6.12. The number of ether oxygens (including phenoxy) is 1. The largest absolute Gasteiger partial charge is 0.497 e. The van der Waals surface area contributed by atoms with Crippen molar-refractivity contribution in [3.05, 3.63) is 70.9 Å². The van der Waals surface area contributed by atoms with Crippen molar-refractivity contribution in [1.29, 1.82) is 0 Å². The molecule has 3 nitrogen and oxygen atoms in total. The average molecular weight is 411 g/mol. The molecule has 140 valence electrons. The van der Waals surface area contributed by atoms with Gasteiger partial charge in [-0.1, -0.05) is 41.6 Å². The van der Waals surface area contributed by atoms with Crippen molar-refractivity contribution in [2.75, 3.05) is 7.11 Å². The Kier molecular flexibility index (Phi) is 5.92. The Morgan fingerprint density at radius 1 is 1.04 bits per heavy atom. The molecule has 0 atom stereocenters. The van der Waals surface area contributed by atoms with Crippen LogP contribution in [0.4, 0.5) is 13.2 Å². The van der Waals surface area contributed by atoms with Gasteiger partial charge in [0.1, 0.15) is 11.4 Å². The Labute approximate surface area is 163 Å². The van der Waals surface area contributed by atoms with Crippen molar-refractivity contribution in [2.45, 2.75) is 17.1 Å². The number of alkyl halides is 3. The van der Waals surface area contributed by atoms with Crippen LogP contribution in [-0.2, 0) is 11.9 Å². The maximum absolute atomic E-state index is 13.3. The molecule has 1 aromatic heterocycles. The summed E-state index contributed by atoms with van der Waals surface area (Å²) in [5, 5.41) is 0.586. The van der Waals surface area contributed by atoms with Crippen LogP contribution in [0.15, 0.2) is 59.8 Å². The van der Waals surface area contributed by atoms with E-state index in [1.165, 1.54) is 7.11 Å². The Hall–Kier alpha value is -2.25. The fourth-order valence-electron chi connectivity index (χ4n) is 2.30. The predicted molar refractivity (Wildman–Crippen MR) is 100 cm³/mol. The summed E-state index contributed by atoms with van der Waals surface area (Å²) in [6, 6.07) is 14.7. The first-order valence-corrected chi connectivity index (χ1v) is 9.20. The zero-order valence-electron chi connectivity index (χ0n) is 14.1. The summed E-state index contributed by atoms with van der Waals surface area (Å²) in [6.45, 7) is 0. The highest BCUT2D eigenvalue weighted by molar-refractivity contribution is 7.98. The van der Waals surface area contributed by atoms with E-state index < -0.39 is 11.9 Å². The molecule has 8 heteroatoms. The van der Waals surface area contributed by atoms with Crippen LogP contribution < -0.4 is 4.74 Å². The topological polar surface area (TPSA) is 35.0 Å². The SMILES string of the molecule is COc1ccc(-c2cc(C(F)(F)F)nc(SCc3ccccc3Cl)n2)cc1. The van der Waals surface area contributed by atoms with Crippen LogP contribution in [0.3, 0.4) is 0 Å². The van der Waals surface area contributed by atoms with E-state index >= 15 is 0 Å². The minimum atomic E-state index is -4.57. The molecule has 0 radical (unpaired) electrons. The van der Waals surface area contributed by atoms with Crippen LogP contribution in [0, 0.1) is 0 Å². The summed E-state index contributed by atoms with van der Waals surface area (Å²) in [7, 11) is 1.52. The second-order valence-corrected chi connectivity index (χ2v) is 6.88. The van der Waals surface area contributed by atoms with Gasteiger partial charge in [-0.05, 0) is 42.0 Å². The standard InChI is InChI=1S/C19H14ClF3N2OS/c1-26-14-8-6-12(7-9-14)16-10-17(19(21,22)23)25-18(24-16)27-11-13-4-2-3-5-15(13)20/h2-10H,11H2,1H3. The molecule has 0 saturated heterocycles. The number of aromatic nitrogens is 2. The molecule has 0 aliphatic heterocycles. The lowest BCUT2D eigenvalue weighted by Gasteiger charge is -2.11. The first-order valence-electron chi connectivity index (χ1n) is 7.84. The van der Waals surface area contributed by atoms with Gasteiger partial charge in [0, 0.05) is 16.3 Å². The van der Waals surface area contributed by atoms with Gasteiger partial charge < -0.3 is 4.74 Å². The van der Waals surface area contributed by atoms with Gasteiger partial charge in [0.2, 0.25) is 0 Å². The van der Waals surface area contributed by atoms with E-state index in [9.17, 15) is 13.2 Å². The number of benzene rings is 2. The molecule has 2 aromatic carbocycles. The van der Waals surface area contributed by atoms with E-state index in [-0.39, 0.29) is 10.9 Å². The van der Waals surface area contributed by atoms with E-state index in [0.717, 1.165) is 23.4 Å². The second kappa shape index (κ2) is 8.19. The molecule has 1 heterocycles. The van der Waals surface area contributed by atoms with E-state index in [0.29, 0.717) is 22.1 Å². The van der Waals surface area contributed by atoms with Crippen molar-refractivity contribution in [3.63, 3.8) is 0 Å². The molecule has 0 N–H and O–H groups in total. The highest BCUT2D eigenvalue weighted by Gasteiger charge is 2.33. The van der Waals surface area contributed by atoms with Gasteiger partial charge in [0.05, 0.1) is 12.8 Å². The quantitative estimate of drug-likeness (QED) is 0.375. The Balaban J connectivity index is 1.94. The van der Waals surface area contributed by atoms with E-state index in [2.05, 4.69) is 9.97 Å². The maximum atomic E-state index is 13.3. The summed E-state index contributed by atoms with van der Waals surface area (Å²) >= 11 is 7.21. The molecule has 0 amide bonds. The lowest BCUT2D eigenvalue weighted by molar-refractivity contribution is -0.141. The van der Waals surface area contributed by atoms with E-state index in [4.69, 9.17) is 16.3 Å². The van der Waals surface area contributed by atoms with Gasteiger partial charge in [-0.15, -0.1) is 0 Å². The summed E-state index contributed by atoms with van der Waals surface area (Å²) in [6.07, 6.45) is -4.57. The molecular formula is C19H14ClF3N2OS. The Morgan fingerprint density at radius 2 is 1.74 bits per heavy atom. The van der Waals surface area contributed by atoms with Gasteiger partial charge >= 0.3 is 6.18 Å². The van der Waals surface area contributed by atoms with Crippen LogP contribution in [-0.4, -0.2) is 17.1 Å². The van der Waals surface area contributed by atoms with Gasteiger partial charge in [0.25, 0.3) is 0 Å². The number of halogens is 4. The molecule has 0 saturated carbocycles. The maximum Gasteiger partial charge on any atom is 0.433 e. The molecule has 0 aliphatic carbocycles. The molecule has 0 bridgehead atoms. The van der Waals surface area contributed by atoms with Crippen molar-refractivity contribution < 1.29 is 17.9 Å². The lowest BCUT2D eigenvalue weighted by atomic mass is 10.1. The van der Waals surface area contributed by atoms with Crippen molar-refractivity contribution in [2.24, 2.45) is 0 Å². The molecular weight excluding hydrogens is 397 g/mol. The lowest BCUT2D eigenvalue weighted by Crippen LogP contribution is -2.10. The van der Waals surface area contributed by atoms with Crippen molar-refractivity contribution in [3.8, 4) is 17.0 Å². The Morgan fingerprint density at radius 3 is 2.37 bits per heavy atom.